The topological polar surface area (TPSA) is 112 Å². The summed E-state index contributed by atoms with van der Waals surface area (Å²) in [6.45, 7) is 1.14. The maximum absolute atomic E-state index is 13.1. The quantitative estimate of drug-likeness (QED) is 0.558. The first-order chi connectivity index (χ1) is 14.4. The van der Waals surface area contributed by atoms with Crippen LogP contribution in [0.25, 0.3) is 11.0 Å². The van der Waals surface area contributed by atoms with Crippen molar-refractivity contribution in [1.82, 2.24) is 19.4 Å². The fourth-order valence-electron chi connectivity index (χ4n) is 2.89. The predicted molar refractivity (Wildman–Crippen MR) is 110 cm³/mol. The molecule has 3 rings (SSSR count). The molecule has 1 aromatic carbocycles. The second-order valence-corrected chi connectivity index (χ2v) is 6.78. The first kappa shape index (κ1) is 21.3. The molecule has 10 heteroatoms. The first-order valence-electron chi connectivity index (χ1n) is 9.15. The van der Waals surface area contributed by atoms with Crippen LogP contribution in [0.1, 0.15) is 12.5 Å². The summed E-state index contributed by atoms with van der Waals surface area (Å²) < 4.78 is 6.92. The van der Waals surface area contributed by atoms with Crippen molar-refractivity contribution in [3.05, 3.63) is 74.0 Å². The van der Waals surface area contributed by atoms with E-state index < -0.39 is 23.1 Å². The molecule has 2 heterocycles. The summed E-state index contributed by atoms with van der Waals surface area (Å²) in [5.74, 6) is -1.16. The van der Waals surface area contributed by atoms with E-state index in [9.17, 15) is 19.2 Å². The van der Waals surface area contributed by atoms with Crippen LogP contribution in [0.3, 0.4) is 0 Å². The van der Waals surface area contributed by atoms with Gasteiger partial charge in [0.25, 0.3) is 5.56 Å². The van der Waals surface area contributed by atoms with E-state index in [1.165, 1.54) is 12.3 Å². The molecule has 0 spiro atoms. The highest BCUT2D eigenvalue weighted by molar-refractivity contribution is 6.30. The molecule has 0 fully saturated rings. The summed E-state index contributed by atoms with van der Waals surface area (Å²) in [6.07, 6.45) is 1.44. The molecule has 30 heavy (non-hydrogen) atoms. The van der Waals surface area contributed by atoms with Gasteiger partial charge in [-0.1, -0.05) is 23.7 Å². The molecule has 0 aliphatic rings. The minimum absolute atomic E-state index is 0.00814. The molecule has 9 nitrogen and oxygen atoms in total. The number of fused-ring (bicyclic) bond motifs is 1. The smallest absolute Gasteiger partial charge is 0.332 e. The van der Waals surface area contributed by atoms with Crippen LogP contribution in [0, 0.1) is 0 Å². The summed E-state index contributed by atoms with van der Waals surface area (Å²) in [5.41, 5.74) is -0.252. The minimum Gasteiger partial charge on any atom is -0.465 e. The molecule has 0 aliphatic carbocycles. The maximum atomic E-state index is 13.1. The van der Waals surface area contributed by atoms with E-state index in [0.29, 0.717) is 10.6 Å². The highest BCUT2D eigenvalue weighted by Crippen LogP contribution is 2.10. The molecule has 0 bridgehead atoms. The summed E-state index contributed by atoms with van der Waals surface area (Å²) in [4.78, 5) is 53.7. The fourth-order valence-corrected chi connectivity index (χ4v) is 3.02. The second-order valence-electron chi connectivity index (χ2n) is 6.34. The Kier molecular flexibility index (Phi) is 6.63. The van der Waals surface area contributed by atoms with Crippen molar-refractivity contribution in [3.8, 4) is 0 Å². The standard InChI is InChI=1S/C20H19ClN4O5/c1-2-30-17(27)10-23-16(26)12-24-15-4-3-9-22-18(15)19(28)25(20(24)29)11-13-5-7-14(21)8-6-13/h3-9H,2,10-12H2,1H3,(H,23,26). The number of rotatable bonds is 7. The van der Waals surface area contributed by atoms with Crippen LogP contribution in [0.2, 0.25) is 5.02 Å². The monoisotopic (exact) mass is 430 g/mol. The Hall–Kier alpha value is -3.46. The lowest BCUT2D eigenvalue weighted by molar-refractivity contribution is -0.143. The number of esters is 1. The number of ether oxygens (including phenoxy) is 1. The van der Waals surface area contributed by atoms with Gasteiger partial charge in [0.1, 0.15) is 13.1 Å². The van der Waals surface area contributed by atoms with Gasteiger partial charge in [0.2, 0.25) is 5.91 Å². The van der Waals surface area contributed by atoms with E-state index in [1.54, 1.807) is 37.3 Å². The van der Waals surface area contributed by atoms with Crippen molar-refractivity contribution in [1.29, 1.82) is 0 Å². The molecule has 0 radical (unpaired) electrons. The third-order valence-corrected chi connectivity index (χ3v) is 4.53. The van der Waals surface area contributed by atoms with Crippen LogP contribution >= 0.6 is 11.6 Å². The van der Waals surface area contributed by atoms with Gasteiger partial charge in [-0.3, -0.25) is 23.5 Å². The molecule has 3 aromatic rings. The van der Waals surface area contributed by atoms with Crippen LogP contribution in [-0.2, 0) is 27.4 Å². The number of hydrogen-bond acceptors (Lipinski definition) is 6. The van der Waals surface area contributed by atoms with Gasteiger partial charge in [-0.05, 0) is 36.8 Å². The summed E-state index contributed by atoms with van der Waals surface area (Å²) in [6, 6.07) is 9.82. The average Bonchev–Trinajstić information content (AvgIpc) is 2.74. The predicted octanol–water partition coefficient (Wildman–Crippen LogP) is 0.939. The number of aromatic nitrogens is 3. The lowest BCUT2D eigenvalue weighted by atomic mass is 10.2. The number of hydrogen-bond donors (Lipinski definition) is 1. The molecule has 0 atom stereocenters. The molecule has 0 unspecified atom stereocenters. The van der Waals surface area contributed by atoms with Crippen LogP contribution < -0.4 is 16.6 Å². The van der Waals surface area contributed by atoms with Gasteiger partial charge >= 0.3 is 11.7 Å². The zero-order valence-corrected chi connectivity index (χ0v) is 16.9. The van der Waals surface area contributed by atoms with Gasteiger partial charge in [-0.25, -0.2) is 9.78 Å². The Morgan fingerprint density at radius 3 is 2.57 bits per heavy atom. The van der Waals surface area contributed by atoms with E-state index in [0.717, 1.165) is 9.13 Å². The minimum atomic E-state index is -0.665. The van der Waals surface area contributed by atoms with Crippen molar-refractivity contribution in [2.45, 2.75) is 20.0 Å². The Balaban J connectivity index is 1.98. The van der Waals surface area contributed by atoms with Crippen LogP contribution in [-0.4, -0.2) is 39.1 Å². The number of nitrogens with zero attached hydrogens (tertiary/aromatic N) is 3. The summed E-state index contributed by atoms with van der Waals surface area (Å²) in [5, 5.41) is 2.93. The van der Waals surface area contributed by atoms with Gasteiger partial charge in [0.15, 0.2) is 5.52 Å². The van der Waals surface area contributed by atoms with E-state index in [-0.39, 0.29) is 37.3 Å². The van der Waals surface area contributed by atoms with Crippen molar-refractivity contribution in [2.75, 3.05) is 13.2 Å². The molecule has 1 N–H and O–H groups in total. The van der Waals surface area contributed by atoms with Crippen molar-refractivity contribution in [3.63, 3.8) is 0 Å². The van der Waals surface area contributed by atoms with Gasteiger partial charge in [-0.15, -0.1) is 0 Å². The molecule has 2 aromatic heterocycles. The Labute approximate surface area is 175 Å². The summed E-state index contributed by atoms with van der Waals surface area (Å²) in [7, 11) is 0. The normalized spacial score (nSPS) is 10.7. The van der Waals surface area contributed by atoms with Crippen molar-refractivity contribution < 1.29 is 14.3 Å². The zero-order valence-electron chi connectivity index (χ0n) is 16.1. The lowest BCUT2D eigenvalue weighted by Crippen LogP contribution is -2.43. The summed E-state index contributed by atoms with van der Waals surface area (Å²) >= 11 is 5.89. The highest BCUT2D eigenvalue weighted by atomic mass is 35.5. The van der Waals surface area contributed by atoms with E-state index in [2.05, 4.69) is 10.3 Å². The highest BCUT2D eigenvalue weighted by Gasteiger charge is 2.17. The van der Waals surface area contributed by atoms with Gasteiger partial charge in [0.05, 0.1) is 18.7 Å². The SMILES string of the molecule is CCOC(=O)CNC(=O)Cn1c(=O)n(Cc2ccc(Cl)cc2)c(=O)c2ncccc21. The van der Waals surface area contributed by atoms with E-state index >= 15 is 0 Å². The largest absolute Gasteiger partial charge is 0.465 e. The number of amides is 1. The zero-order chi connectivity index (χ0) is 21.7. The Morgan fingerprint density at radius 2 is 1.87 bits per heavy atom. The second kappa shape index (κ2) is 9.36. The van der Waals surface area contributed by atoms with Crippen molar-refractivity contribution in [2.24, 2.45) is 0 Å². The fraction of sp³-hybridized carbons (Fsp3) is 0.250. The average molecular weight is 431 g/mol. The molecule has 156 valence electrons. The third kappa shape index (κ3) is 4.74. The molecule has 0 saturated heterocycles. The number of benzene rings is 1. The Morgan fingerprint density at radius 1 is 1.13 bits per heavy atom. The number of pyridine rings is 1. The number of halogens is 1. The number of carbonyl (C=O) groups is 2. The van der Waals surface area contributed by atoms with Crippen LogP contribution in [0.15, 0.2) is 52.2 Å². The number of carbonyl (C=O) groups excluding carboxylic acids is 2. The molecule has 0 saturated carbocycles. The van der Waals surface area contributed by atoms with Gasteiger partial charge < -0.3 is 10.1 Å². The van der Waals surface area contributed by atoms with E-state index in [4.69, 9.17) is 16.3 Å². The van der Waals surface area contributed by atoms with Crippen molar-refractivity contribution >= 4 is 34.5 Å². The molecule has 0 aliphatic heterocycles. The third-order valence-electron chi connectivity index (χ3n) is 4.28. The van der Waals surface area contributed by atoms with E-state index in [1.807, 2.05) is 0 Å². The van der Waals surface area contributed by atoms with Gasteiger partial charge in [0, 0.05) is 11.2 Å². The maximum Gasteiger partial charge on any atom is 0.332 e. The molecular formula is C20H19ClN4O5. The molecular weight excluding hydrogens is 412 g/mol. The first-order valence-corrected chi connectivity index (χ1v) is 9.53. The lowest BCUT2D eigenvalue weighted by Gasteiger charge is -2.13. The Bertz CT molecular complexity index is 1200. The van der Waals surface area contributed by atoms with Crippen LogP contribution in [0.5, 0.6) is 0 Å². The van der Waals surface area contributed by atoms with Gasteiger partial charge in [-0.2, -0.15) is 0 Å². The number of nitrogens with one attached hydrogen (secondary N) is 1. The van der Waals surface area contributed by atoms with Crippen LogP contribution in [0.4, 0.5) is 0 Å². The molecule has 1 amide bonds.